The first-order valence-corrected chi connectivity index (χ1v) is 8.38. The molecule has 0 amide bonds. The molecule has 0 atom stereocenters. The summed E-state index contributed by atoms with van der Waals surface area (Å²) in [7, 11) is 0. The first-order valence-electron chi connectivity index (χ1n) is 4.98. The average molecular weight is 317 g/mol. The Hall–Kier alpha value is -0.560. The predicted molar refractivity (Wildman–Crippen MR) is 78.2 cm³/mol. The Balaban J connectivity index is 1.93. The summed E-state index contributed by atoms with van der Waals surface area (Å²) in [6.45, 7) is 0. The van der Waals surface area contributed by atoms with Gasteiger partial charge >= 0.3 is 0 Å². The van der Waals surface area contributed by atoms with Crippen molar-refractivity contribution in [3.8, 4) is 0 Å². The van der Waals surface area contributed by atoms with Crippen LogP contribution in [0.5, 0.6) is 0 Å². The van der Waals surface area contributed by atoms with E-state index in [0.717, 1.165) is 8.68 Å². The summed E-state index contributed by atoms with van der Waals surface area (Å²) in [5.41, 5.74) is 0.668. The summed E-state index contributed by atoms with van der Waals surface area (Å²) in [5.74, 6) is 0.433. The van der Waals surface area contributed by atoms with Crippen LogP contribution in [0.25, 0.3) is 0 Å². The molecule has 0 unspecified atom stereocenters. The fourth-order valence-electron chi connectivity index (χ4n) is 1.18. The molecule has 0 radical (unpaired) electrons. The molecule has 94 valence electrons. The largest absolute Gasteiger partial charge is 0.293 e. The second-order valence-electron chi connectivity index (χ2n) is 3.26. The lowest BCUT2D eigenvalue weighted by atomic mass is 10.1. The highest BCUT2D eigenvalue weighted by atomic mass is 35.5. The first kappa shape index (κ1) is 13.9. The molecule has 0 aliphatic rings. The van der Waals surface area contributed by atoms with E-state index < -0.39 is 0 Å². The maximum atomic E-state index is 11.9. The number of benzene rings is 1. The molecule has 0 aliphatic carbocycles. The minimum Gasteiger partial charge on any atom is -0.293 e. The molecule has 2 aromatic rings. The molecular weight excluding hydrogens is 308 g/mol. The zero-order chi connectivity index (χ0) is 13.0. The Kier molecular flexibility index (Phi) is 5.05. The van der Waals surface area contributed by atoms with Crippen LogP contribution in [0.15, 0.2) is 32.9 Å². The van der Waals surface area contributed by atoms with Gasteiger partial charge in [0.25, 0.3) is 0 Å². The fourth-order valence-corrected chi connectivity index (χ4v) is 3.64. The van der Waals surface area contributed by atoms with Gasteiger partial charge in [-0.25, -0.2) is 0 Å². The van der Waals surface area contributed by atoms with Gasteiger partial charge < -0.3 is 0 Å². The average Bonchev–Trinajstić information content (AvgIpc) is 2.85. The number of carbonyl (C=O) groups is 1. The van der Waals surface area contributed by atoms with Crippen molar-refractivity contribution in [2.24, 2.45) is 0 Å². The predicted octanol–water partition coefficient (Wildman–Crippen LogP) is 3.89. The SMILES string of the molecule is CSc1nnc(SCC(=O)c2ccc(Cl)cc2)s1. The number of Topliss-reactive ketones (excluding diaryl/α,β-unsaturated/α-hetero) is 1. The third kappa shape index (κ3) is 3.71. The van der Waals surface area contributed by atoms with Gasteiger partial charge in [0, 0.05) is 10.6 Å². The van der Waals surface area contributed by atoms with Crippen molar-refractivity contribution in [2.45, 2.75) is 8.68 Å². The molecule has 0 bridgehead atoms. The monoisotopic (exact) mass is 316 g/mol. The van der Waals surface area contributed by atoms with Crippen LogP contribution in [-0.2, 0) is 0 Å². The summed E-state index contributed by atoms with van der Waals surface area (Å²) >= 11 is 10.2. The summed E-state index contributed by atoms with van der Waals surface area (Å²) < 4.78 is 1.73. The quantitative estimate of drug-likeness (QED) is 0.618. The van der Waals surface area contributed by atoms with Gasteiger partial charge in [-0.15, -0.1) is 10.2 Å². The molecule has 18 heavy (non-hydrogen) atoms. The van der Waals surface area contributed by atoms with E-state index in [2.05, 4.69) is 10.2 Å². The van der Waals surface area contributed by atoms with Crippen molar-refractivity contribution in [2.75, 3.05) is 12.0 Å². The van der Waals surface area contributed by atoms with Crippen LogP contribution in [0.1, 0.15) is 10.4 Å². The lowest BCUT2D eigenvalue weighted by Gasteiger charge is -1.99. The number of hydrogen-bond acceptors (Lipinski definition) is 6. The van der Waals surface area contributed by atoms with Crippen LogP contribution in [0.4, 0.5) is 0 Å². The molecule has 0 fully saturated rings. The van der Waals surface area contributed by atoms with E-state index in [1.807, 2.05) is 6.26 Å². The molecule has 1 heterocycles. The fraction of sp³-hybridized carbons (Fsp3) is 0.182. The van der Waals surface area contributed by atoms with E-state index in [0.29, 0.717) is 16.3 Å². The maximum absolute atomic E-state index is 11.9. The van der Waals surface area contributed by atoms with Crippen LogP contribution in [0.3, 0.4) is 0 Å². The number of ketones is 1. The third-order valence-electron chi connectivity index (χ3n) is 2.06. The third-order valence-corrected chi connectivity index (χ3v) is 5.34. The summed E-state index contributed by atoms with van der Waals surface area (Å²) in [4.78, 5) is 11.9. The van der Waals surface area contributed by atoms with Crippen LogP contribution in [0.2, 0.25) is 5.02 Å². The molecule has 3 nitrogen and oxygen atoms in total. The van der Waals surface area contributed by atoms with Crippen molar-refractivity contribution in [1.29, 1.82) is 0 Å². The van der Waals surface area contributed by atoms with Crippen LogP contribution in [0, 0.1) is 0 Å². The van der Waals surface area contributed by atoms with Crippen molar-refractivity contribution in [3.05, 3.63) is 34.9 Å². The number of halogens is 1. The zero-order valence-corrected chi connectivity index (χ0v) is 12.6. The van der Waals surface area contributed by atoms with Crippen LogP contribution in [-0.4, -0.2) is 28.0 Å². The Morgan fingerprint density at radius 3 is 2.56 bits per heavy atom. The first-order chi connectivity index (χ1) is 8.69. The van der Waals surface area contributed by atoms with Gasteiger partial charge in [-0.2, -0.15) is 0 Å². The lowest BCUT2D eigenvalue weighted by molar-refractivity contribution is 0.102. The van der Waals surface area contributed by atoms with E-state index >= 15 is 0 Å². The molecular formula is C11H9ClN2OS3. The number of nitrogens with zero attached hydrogens (tertiary/aromatic N) is 2. The molecule has 0 saturated carbocycles. The number of rotatable bonds is 5. The Morgan fingerprint density at radius 1 is 1.28 bits per heavy atom. The number of thioether (sulfide) groups is 2. The molecule has 0 saturated heterocycles. The minimum atomic E-state index is 0.0672. The van der Waals surface area contributed by atoms with Gasteiger partial charge in [-0.05, 0) is 30.5 Å². The van der Waals surface area contributed by atoms with Gasteiger partial charge in [-0.3, -0.25) is 4.79 Å². The smallest absolute Gasteiger partial charge is 0.175 e. The van der Waals surface area contributed by atoms with Gasteiger partial charge in [0.2, 0.25) is 0 Å². The normalized spacial score (nSPS) is 10.6. The van der Waals surface area contributed by atoms with E-state index in [1.165, 1.54) is 23.1 Å². The summed E-state index contributed by atoms with van der Waals surface area (Å²) in [6, 6.07) is 6.91. The van der Waals surface area contributed by atoms with Gasteiger partial charge in [0.05, 0.1) is 5.75 Å². The van der Waals surface area contributed by atoms with Gasteiger partial charge in [0.15, 0.2) is 14.5 Å². The summed E-state index contributed by atoms with van der Waals surface area (Å²) in [5, 5.41) is 8.62. The topological polar surface area (TPSA) is 42.9 Å². The Morgan fingerprint density at radius 2 is 1.94 bits per heavy atom. The van der Waals surface area contributed by atoms with Crippen molar-refractivity contribution < 1.29 is 4.79 Å². The van der Waals surface area contributed by atoms with Crippen molar-refractivity contribution >= 4 is 52.2 Å². The Labute approximate surface area is 122 Å². The van der Waals surface area contributed by atoms with Crippen molar-refractivity contribution in [1.82, 2.24) is 10.2 Å². The molecule has 2 rings (SSSR count). The Bertz CT molecular complexity index is 541. The number of aromatic nitrogens is 2. The van der Waals surface area contributed by atoms with E-state index in [1.54, 1.807) is 36.0 Å². The summed E-state index contributed by atoms with van der Waals surface area (Å²) in [6.07, 6.45) is 1.95. The van der Waals surface area contributed by atoms with Gasteiger partial charge in [-0.1, -0.05) is 46.5 Å². The van der Waals surface area contributed by atoms with Crippen LogP contribution < -0.4 is 0 Å². The number of hydrogen-bond donors (Lipinski definition) is 0. The highest BCUT2D eigenvalue weighted by molar-refractivity contribution is 8.03. The second kappa shape index (κ2) is 6.56. The highest BCUT2D eigenvalue weighted by Gasteiger charge is 2.09. The second-order valence-corrected chi connectivity index (χ2v) is 6.95. The van der Waals surface area contributed by atoms with Gasteiger partial charge in [0.1, 0.15) is 0 Å². The van der Waals surface area contributed by atoms with Crippen LogP contribution >= 0.6 is 46.5 Å². The standard InChI is InChI=1S/C11H9ClN2OS3/c1-16-10-13-14-11(18-10)17-6-9(15)7-2-4-8(12)5-3-7/h2-5H,6H2,1H3. The molecule has 0 spiro atoms. The number of carbonyl (C=O) groups excluding carboxylic acids is 1. The molecule has 0 aliphatic heterocycles. The maximum Gasteiger partial charge on any atom is 0.175 e. The van der Waals surface area contributed by atoms with E-state index in [9.17, 15) is 4.79 Å². The van der Waals surface area contributed by atoms with Crippen molar-refractivity contribution in [3.63, 3.8) is 0 Å². The van der Waals surface area contributed by atoms with E-state index in [4.69, 9.17) is 11.6 Å². The molecule has 1 aromatic carbocycles. The highest BCUT2D eigenvalue weighted by Crippen LogP contribution is 2.27. The minimum absolute atomic E-state index is 0.0672. The lowest BCUT2D eigenvalue weighted by Crippen LogP contribution is -2.01. The van der Waals surface area contributed by atoms with E-state index in [-0.39, 0.29) is 5.78 Å². The molecule has 1 aromatic heterocycles. The molecule has 7 heteroatoms. The zero-order valence-electron chi connectivity index (χ0n) is 9.42. The molecule has 0 N–H and O–H groups in total.